The number of rotatable bonds is 2. The van der Waals surface area contributed by atoms with E-state index in [-0.39, 0.29) is 0 Å². The molecule has 0 bridgehead atoms. The second-order valence-corrected chi connectivity index (χ2v) is 4.52. The minimum atomic E-state index is -2.15. The van der Waals surface area contributed by atoms with Gasteiger partial charge in [0.05, 0.1) is 0 Å². The number of hydrogen-bond donors (Lipinski definition) is 0. The van der Waals surface area contributed by atoms with Crippen molar-refractivity contribution < 1.29 is 8.76 Å². The molecule has 0 aliphatic carbocycles. The molecule has 0 N–H and O–H groups in total. The Morgan fingerprint density at radius 1 is 1.06 bits per heavy atom. The molecule has 0 aliphatic rings. The SMILES string of the molecule is Cc1cc(S(=O)[O-])ccc1-c1ccccc1. The van der Waals surface area contributed by atoms with Crippen LogP contribution in [0.15, 0.2) is 53.4 Å². The van der Waals surface area contributed by atoms with Gasteiger partial charge < -0.3 is 4.55 Å². The lowest BCUT2D eigenvalue weighted by Gasteiger charge is -2.10. The molecule has 0 radical (unpaired) electrons. The molecule has 2 rings (SSSR count). The Kier molecular flexibility index (Phi) is 3.17. The van der Waals surface area contributed by atoms with Gasteiger partial charge in [-0.15, -0.1) is 0 Å². The Bertz CT molecular complexity index is 521. The summed E-state index contributed by atoms with van der Waals surface area (Å²) in [5.74, 6) is 0. The molecule has 2 nitrogen and oxygen atoms in total. The van der Waals surface area contributed by atoms with Gasteiger partial charge in [0, 0.05) is 4.90 Å². The maximum atomic E-state index is 10.8. The fourth-order valence-corrected chi connectivity index (χ4v) is 2.13. The van der Waals surface area contributed by atoms with Crippen molar-refractivity contribution >= 4 is 11.1 Å². The highest BCUT2D eigenvalue weighted by Gasteiger charge is 2.02. The van der Waals surface area contributed by atoms with Gasteiger partial charge in [-0.3, -0.25) is 4.21 Å². The summed E-state index contributed by atoms with van der Waals surface area (Å²) in [6, 6.07) is 15.1. The molecule has 16 heavy (non-hydrogen) atoms. The molecule has 0 aliphatic heterocycles. The lowest BCUT2D eigenvalue weighted by Crippen LogP contribution is -1.91. The molecule has 0 fully saturated rings. The molecule has 0 saturated heterocycles. The molecular weight excluding hydrogens is 220 g/mol. The van der Waals surface area contributed by atoms with Crippen molar-refractivity contribution in [2.45, 2.75) is 11.8 Å². The Hall–Kier alpha value is -1.45. The van der Waals surface area contributed by atoms with E-state index in [1.54, 1.807) is 12.1 Å². The first-order valence-electron chi connectivity index (χ1n) is 4.94. The van der Waals surface area contributed by atoms with Crippen LogP contribution in [0.3, 0.4) is 0 Å². The van der Waals surface area contributed by atoms with E-state index in [2.05, 4.69) is 0 Å². The highest BCUT2D eigenvalue weighted by Crippen LogP contribution is 2.24. The zero-order valence-electron chi connectivity index (χ0n) is 8.84. The van der Waals surface area contributed by atoms with E-state index in [0.29, 0.717) is 4.90 Å². The van der Waals surface area contributed by atoms with Crippen LogP contribution in [-0.2, 0) is 11.1 Å². The molecular formula is C13H11O2S-. The lowest BCUT2D eigenvalue weighted by molar-refractivity contribution is 0.537. The van der Waals surface area contributed by atoms with Gasteiger partial charge in [-0.25, -0.2) is 0 Å². The predicted octanol–water partition coefficient (Wildman–Crippen LogP) is 2.90. The average Bonchev–Trinajstić information content (AvgIpc) is 2.30. The van der Waals surface area contributed by atoms with Crippen LogP contribution in [0, 0.1) is 6.92 Å². The fraction of sp³-hybridized carbons (Fsp3) is 0.0769. The lowest BCUT2D eigenvalue weighted by atomic mass is 10.0. The van der Waals surface area contributed by atoms with Crippen LogP contribution in [-0.4, -0.2) is 8.76 Å². The molecule has 1 unspecified atom stereocenters. The van der Waals surface area contributed by atoms with Crippen LogP contribution in [0.2, 0.25) is 0 Å². The molecule has 0 spiro atoms. The monoisotopic (exact) mass is 231 g/mol. The van der Waals surface area contributed by atoms with Gasteiger partial charge in [0.1, 0.15) is 0 Å². The van der Waals surface area contributed by atoms with Crippen molar-refractivity contribution in [2.24, 2.45) is 0 Å². The average molecular weight is 231 g/mol. The summed E-state index contributed by atoms with van der Waals surface area (Å²) in [7, 11) is 0. The van der Waals surface area contributed by atoms with Crippen molar-refractivity contribution in [3.05, 3.63) is 54.1 Å². The first-order valence-corrected chi connectivity index (χ1v) is 6.01. The third-order valence-corrected chi connectivity index (χ3v) is 3.11. The van der Waals surface area contributed by atoms with Crippen LogP contribution in [0.1, 0.15) is 5.56 Å². The van der Waals surface area contributed by atoms with E-state index in [9.17, 15) is 8.76 Å². The normalized spacial score (nSPS) is 12.4. The topological polar surface area (TPSA) is 40.1 Å². The van der Waals surface area contributed by atoms with E-state index < -0.39 is 11.1 Å². The predicted molar refractivity (Wildman–Crippen MR) is 63.8 cm³/mol. The highest BCUT2D eigenvalue weighted by molar-refractivity contribution is 7.79. The molecule has 0 aromatic heterocycles. The highest BCUT2D eigenvalue weighted by atomic mass is 32.2. The van der Waals surface area contributed by atoms with Crippen molar-refractivity contribution in [1.29, 1.82) is 0 Å². The van der Waals surface area contributed by atoms with Crippen molar-refractivity contribution in [3.63, 3.8) is 0 Å². The van der Waals surface area contributed by atoms with Crippen molar-refractivity contribution in [2.75, 3.05) is 0 Å². The molecule has 1 atom stereocenters. The van der Waals surface area contributed by atoms with Crippen LogP contribution >= 0.6 is 0 Å². The van der Waals surface area contributed by atoms with Crippen LogP contribution in [0.25, 0.3) is 11.1 Å². The summed E-state index contributed by atoms with van der Waals surface area (Å²) in [6.07, 6.45) is 0. The van der Waals surface area contributed by atoms with Gasteiger partial charge in [-0.05, 0) is 46.8 Å². The van der Waals surface area contributed by atoms with E-state index in [1.807, 2.05) is 43.3 Å². The van der Waals surface area contributed by atoms with E-state index in [1.165, 1.54) is 0 Å². The third kappa shape index (κ3) is 2.21. The van der Waals surface area contributed by atoms with Gasteiger partial charge in [0.2, 0.25) is 0 Å². The number of hydrogen-bond acceptors (Lipinski definition) is 2. The fourth-order valence-electron chi connectivity index (χ4n) is 1.68. The maximum absolute atomic E-state index is 10.8. The van der Waals surface area contributed by atoms with Gasteiger partial charge in [-0.2, -0.15) is 0 Å². The summed E-state index contributed by atoms with van der Waals surface area (Å²) in [5, 5.41) is 0. The van der Waals surface area contributed by atoms with Crippen LogP contribution < -0.4 is 0 Å². The summed E-state index contributed by atoms with van der Waals surface area (Å²) in [4.78, 5) is 0.331. The maximum Gasteiger partial charge on any atom is 0.0251 e. The Balaban J connectivity index is 2.48. The standard InChI is InChI=1S/C13H12O2S/c1-10-9-12(16(14)15)7-8-13(10)11-5-3-2-4-6-11/h2-9H,1H3,(H,14,15)/p-1. The minimum absolute atomic E-state index is 0.331. The molecule has 0 saturated carbocycles. The van der Waals surface area contributed by atoms with Crippen molar-refractivity contribution in [1.82, 2.24) is 0 Å². The van der Waals surface area contributed by atoms with Crippen molar-refractivity contribution in [3.8, 4) is 11.1 Å². The number of aryl methyl sites for hydroxylation is 1. The first-order chi connectivity index (χ1) is 7.68. The molecule has 2 aromatic rings. The van der Waals surface area contributed by atoms with Gasteiger partial charge in [0.25, 0.3) is 0 Å². The molecule has 3 heteroatoms. The summed E-state index contributed by atoms with van der Waals surface area (Å²) in [6.45, 7) is 1.92. The smallest absolute Gasteiger partial charge is 0.0251 e. The van der Waals surface area contributed by atoms with E-state index in [0.717, 1.165) is 16.7 Å². The largest absolute Gasteiger partial charge is 0.768 e. The molecule has 0 amide bonds. The number of benzene rings is 2. The molecule has 0 heterocycles. The zero-order chi connectivity index (χ0) is 11.5. The Morgan fingerprint density at radius 2 is 1.75 bits per heavy atom. The summed E-state index contributed by atoms with van der Waals surface area (Å²) < 4.78 is 21.6. The molecule has 82 valence electrons. The van der Waals surface area contributed by atoms with E-state index in [4.69, 9.17) is 0 Å². The first kappa shape index (κ1) is 11.0. The second-order valence-electron chi connectivity index (χ2n) is 3.58. The van der Waals surface area contributed by atoms with Gasteiger partial charge >= 0.3 is 0 Å². The summed E-state index contributed by atoms with van der Waals surface area (Å²) >= 11 is -2.15. The van der Waals surface area contributed by atoms with Gasteiger partial charge in [-0.1, -0.05) is 36.4 Å². The van der Waals surface area contributed by atoms with Gasteiger partial charge in [0.15, 0.2) is 0 Å². The third-order valence-electron chi connectivity index (χ3n) is 2.48. The Morgan fingerprint density at radius 3 is 2.31 bits per heavy atom. The second kappa shape index (κ2) is 4.60. The van der Waals surface area contributed by atoms with E-state index >= 15 is 0 Å². The Labute approximate surface area is 97.2 Å². The van der Waals surface area contributed by atoms with Crippen LogP contribution in [0.4, 0.5) is 0 Å². The van der Waals surface area contributed by atoms with Crippen LogP contribution in [0.5, 0.6) is 0 Å². The molecule has 2 aromatic carbocycles. The minimum Gasteiger partial charge on any atom is -0.768 e. The zero-order valence-corrected chi connectivity index (χ0v) is 9.66. The summed E-state index contributed by atoms with van der Waals surface area (Å²) in [5.41, 5.74) is 3.13. The quantitative estimate of drug-likeness (QED) is 0.745.